The Morgan fingerprint density at radius 3 is 2.78 bits per heavy atom. The third kappa shape index (κ3) is 1.70. The number of fused-ring (bicyclic) bond motifs is 1. The molecule has 6 heteroatoms. The quantitative estimate of drug-likeness (QED) is 0.661. The van der Waals surface area contributed by atoms with Gasteiger partial charge in [0.05, 0.1) is 0 Å². The van der Waals surface area contributed by atoms with Crippen LogP contribution in [0.3, 0.4) is 0 Å². The van der Waals surface area contributed by atoms with Gasteiger partial charge in [-0.15, -0.1) is 0 Å². The van der Waals surface area contributed by atoms with Gasteiger partial charge in [-0.05, 0) is 31.3 Å². The molecule has 1 aromatic carbocycles. The van der Waals surface area contributed by atoms with Crippen LogP contribution in [0.5, 0.6) is 0 Å². The number of H-pyrrole nitrogens is 2. The third-order valence-corrected chi connectivity index (χ3v) is 2.87. The summed E-state index contributed by atoms with van der Waals surface area (Å²) < 4.78 is 14.1. The van der Waals surface area contributed by atoms with Crippen molar-refractivity contribution < 1.29 is 4.39 Å². The average molecular weight is 260 g/mol. The van der Waals surface area contributed by atoms with Crippen LogP contribution in [0.25, 0.3) is 22.3 Å². The van der Waals surface area contributed by atoms with Gasteiger partial charge in [0.2, 0.25) is 4.77 Å². The predicted molar refractivity (Wildman–Crippen MR) is 69.2 cm³/mol. The van der Waals surface area contributed by atoms with Crippen molar-refractivity contribution in [3.8, 4) is 11.4 Å². The number of benzene rings is 1. The van der Waals surface area contributed by atoms with E-state index in [0.29, 0.717) is 21.5 Å². The summed E-state index contributed by atoms with van der Waals surface area (Å²) in [5.74, 6) is 0.243. The molecule has 2 N–H and O–H groups in total. The van der Waals surface area contributed by atoms with Crippen molar-refractivity contribution in [2.75, 3.05) is 0 Å². The molecule has 0 unspecified atom stereocenters. The van der Waals surface area contributed by atoms with Crippen LogP contribution in [-0.4, -0.2) is 20.2 Å². The van der Waals surface area contributed by atoms with Crippen LogP contribution in [-0.2, 0) is 0 Å². The van der Waals surface area contributed by atoms with E-state index in [2.05, 4.69) is 20.2 Å². The lowest BCUT2D eigenvalue weighted by Gasteiger charge is -2.05. The lowest BCUT2D eigenvalue weighted by molar-refractivity contribution is 0.636. The first-order valence-corrected chi connectivity index (χ1v) is 5.77. The first kappa shape index (κ1) is 11.0. The summed E-state index contributed by atoms with van der Waals surface area (Å²) in [7, 11) is 0. The van der Waals surface area contributed by atoms with E-state index in [1.54, 1.807) is 6.07 Å². The van der Waals surface area contributed by atoms with Gasteiger partial charge in [-0.2, -0.15) is 4.98 Å². The Hall–Kier alpha value is -2.08. The highest BCUT2D eigenvalue weighted by Gasteiger charge is 2.11. The van der Waals surface area contributed by atoms with E-state index < -0.39 is 0 Å². The lowest BCUT2D eigenvalue weighted by Crippen LogP contribution is -1.92. The largest absolute Gasteiger partial charge is 0.282 e. The fraction of sp³-hybridized carbons (Fsp3) is 0.0833. The van der Waals surface area contributed by atoms with Crippen molar-refractivity contribution in [2.45, 2.75) is 6.92 Å². The van der Waals surface area contributed by atoms with Crippen LogP contribution in [0, 0.1) is 17.5 Å². The number of para-hydroxylation sites is 1. The van der Waals surface area contributed by atoms with E-state index >= 15 is 0 Å². The normalized spacial score (nSPS) is 11.0. The first-order valence-electron chi connectivity index (χ1n) is 5.36. The smallest absolute Gasteiger partial charge is 0.213 e. The molecule has 3 aromatic rings. The molecule has 0 atom stereocenters. The summed E-state index contributed by atoms with van der Waals surface area (Å²) in [4.78, 5) is 8.37. The van der Waals surface area contributed by atoms with Gasteiger partial charge in [0.15, 0.2) is 5.82 Å². The van der Waals surface area contributed by atoms with Crippen molar-refractivity contribution in [2.24, 2.45) is 0 Å². The number of halogens is 1. The zero-order valence-electron chi connectivity index (χ0n) is 9.49. The molecule has 0 aliphatic carbocycles. The Balaban J connectivity index is 2.42. The zero-order valence-corrected chi connectivity index (χ0v) is 10.3. The lowest BCUT2D eigenvalue weighted by atomic mass is 10.1. The number of hydrogen-bond acceptors (Lipinski definition) is 3. The van der Waals surface area contributed by atoms with E-state index in [9.17, 15) is 4.39 Å². The van der Waals surface area contributed by atoms with Crippen LogP contribution in [0.2, 0.25) is 0 Å². The number of rotatable bonds is 1. The molecule has 2 aromatic heterocycles. The summed E-state index contributed by atoms with van der Waals surface area (Å²) in [6, 6.07) is 6.71. The molecule has 0 aliphatic heterocycles. The topological polar surface area (TPSA) is 57.4 Å². The first-order chi connectivity index (χ1) is 8.65. The Kier molecular flexibility index (Phi) is 2.45. The summed E-state index contributed by atoms with van der Waals surface area (Å²) in [5, 5.41) is 6.31. The second kappa shape index (κ2) is 3.99. The van der Waals surface area contributed by atoms with Crippen LogP contribution in [0.4, 0.5) is 4.39 Å². The fourth-order valence-corrected chi connectivity index (χ4v) is 2.08. The van der Waals surface area contributed by atoms with Gasteiger partial charge < -0.3 is 0 Å². The molecule has 0 aliphatic rings. The maximum atomic E-state index is 13.7. The van der Waals surface area contributed by atoms with Crippen LogP contribution < -0.4 is 0 Å². The molecule has 2 heterocycles. The van der Waals surface area contributed by atoms with Gasteiger partial charge in [-0.25, -0.2) is 9.37 Å². The second-order valence-corrected chi connectivity index (χ2v) is 4.35. The SMILES string of the molecule is Cc1cc(-c2nc(=S)[nH][nH]2)c2cccc(F)c2n1. The maximum Gasteiger partial charge on any atom is 0.213 e. The molecule has 0 radical (unpaired) electrons. The standard InChI is InChI=1S/C12H9FN4S/c1-6-5-8(11-15-12(18)17-16-11)7-3-2-4-9(13)10(7)14-6/h2-5H,1H3,(H2,15,16,17,18). The highest BCUT2D eigenvalue weighted by Crippen LogP contribution is 2.27. The van der Waals surface area contributed by atoms with Crippen LogP contribution in [0.15, 0.2) is 24.3 Å². The summed E-state index contributed by atoms with van der Waals surface area (Å²) in [5.41, 5.74) is 1.85. The monoisotopic (exact) mass is 260 g/mol. The van der Waals surface area contributed by atoms with E-state index in [-0.39, 0.29) is 5.82 Å². The molecule has 0 amide bonds. The Labute approximate surface area is 107 Å². The minimum absolute atomic E-state index is 0.341. The minimum atomic E-state index is -0.341. The van der Waals surface area contributed by atoms with Crippen LogP contribution >= 0.6 is 12.2 Å². The van der Waals surface area contributed by atoms with E-state index in [0.717, 1.165) is 11.3 Å². The minimum Gasteiger partial charge on any atom is -0.282 e. The van der Waals surface area contributed by atoms with Crippen LogP contribution in [0.1, 0.15) is 5.69 Å². The molecule has 0 saturated carbocycles. The predicted octanol–water partition coefficient (Wildman–Crippen LogP) is 3.13. The molecule has 0 bridgehead atoms. The summed E-state index contributed by atoms with van der Waals surface area (Å²) in [6.45, 7) is 1.82. The highest BCUT2D eigenvalue weighted by molar-refractivity contribution is 7.71. The number of aryl methyl sites for hydroxylation is 1. The van der Waals surface area contributed by atoms with Gasteiger partial charge >= 0.3 is 0 Å². The molecule has 3 rings (SSSR count). The van der Waals surface area contributed by atoms with Crippen molar-refractivity contribution in [1.82, 2.24) is 20.2 Å². The number of aromatic nitrogens is 4. The summed E-state index contributed by atoms with van der Waals surface area (Å²) in [6.07, 6.45) is 0. The number of nitrogens with one attached hydrogen (secondary N) is 2. The van der Waals surface area contributed by atoms with Crippen molar-refractivity contribution in [1.29, 1.82) is 0 Å². The average Bonchev–Trinajstić information content (AvgIpc) is 2.76. The van der Waals surface area contributed by atoms with Crippen molar-refractivity contribution in [3.05, 3.63) is 40.5 Å². The molecule has 18 heavy (non-hydrogen) atoms. The van der Waals surface area contributed by atoms with Crippen molar-refractivity contribution in [3.63, 3.8) is 0 Å². The number of hydrogen-bond donors (Lipinski definition) is 2. The van der Waals surface area contributed by atoms with E-state index in [4.69, 9.17) is 12.2 Å². The van der Waals surface area contributed by atoms with E-state index in [1.807, 2.05) is 19.1 Å². The molecular formula is C12H9FN4S. The van der Waals surface area contributed by atoms with E-state index in [1.165, 1.54) is 6.07 Å². The zero-order chi connectivity index (χ0) is 12.7. The Morgan fingerprint density at radius 1 is 1.22 bits per heavy atom. The molecule has 90 valence electrons. The molecule has 0 spiro atoms. The molecular weight excluding hydrogens is 251 g/mol. The van der Waals surface area contributed by atoms with Gasteiger partial charge in [-0.1, -0.05) is 12.1 Å². The number of aromatic amines is 2. The molecule has 4 nitrogen and oxygen atoms in total. The molecule has 0 saturated heterocycles. The summed E-state index contributed by atoms with van der Waals surface area (Å²) >= 11 is 4.93. The van der Waals surface area contributed by atoms with Gasteiger partial charge in [0.1, 0.15) is 11.3 Å². The highest BCUT2D eigenvalue weighted by atomic mass is 32.1. The third-order valence-electron chi connectivity index (χ3n) is 2.67. The Bertz CT molecular complexity index is 790. The van der Waals surface area contributed by atoms with Crippen molar-refractivity contribution >= 4 is 23.1 Å². The fourth-order valence-electron chi connectivity index (χ4n) is 1.94. The van der Waals surface area contributed by atoms with Gasteiger partial charge in [0, 0.05) is 16.6 Å². The number of pyridine rings is 1. The van der Waals surface area contributed by atoms with Gasteiger partial charge in [0.25, 0.3) is 0 Å². The Morgan fingerprint density at radius 2 is 2.06 bits per heavy atom. The number of nitrogens with zero attached hydrogens (tertiary/aromatic N) is 2. The van der Waals surface area contributed by atoms with Gasteiger partial charge in [-0.3, -0.25) is 10.2 Å². The second-order valence-electron chi connectivity index (χ2n) is 3.96. The molecule has 0 fully saturated rings. The maximum absolute atomic E-state index is 13.7.